The summed E-state index contributed by atoms with van der Waals surface area (Å²) in [6.45, 7) is 5.85. The number of nitrogens with zero attached hydrogens (tertiary/aromatic N) is 4. The molecule has 1 amide bonds. The van der Waals surface area contributed by atoms with Gasteiger partial charge in [0.15, 0.2) is 5.16 Å². The molecule has 0 aliphatic carbocycles. The second-order valence-corrected chi connectivity index (χ2v) is 5.61. The quantitative estimate of drug-likeness (QED) is 0.815. The van der Waals surface area contributed by atoms with Crippen LogP contribution in [0.25, 0.3) is 0 Å². The van der Waals surface area contributed by atoms with Gasteiger partial charge in [0.25, 0.3) is 0 Å². The van der Waals surface area contributed by atoms with Gasteiger partial charge >= 0.3 is 0 Å². The average molecular weight is 257 g/mol. The Morgan fingerprint density at radius 1 is 1.35 bits per heavy atom. The lowest BCUT2D eigenvalue weighted by Crippen LogP contribution is -2.29. The van der Waals surface area contributed by atoms with Crippen molar-refractivity contribution in [3.8, 4) is 0 Å². The van der Waals surface area contributed by atoms with E-state index in [0.717, 1.165) is 0 Å². The number of carbonyl (C=O) groups excluding carboxylic acids is 1. The van der Waals surface area contributed by atoms with Crippen molar-refractivity contribution in [1.82, 2.24) is 19.7 Å². The van der Waals surface area contributed by atoms with E-state index in [1.54, 1.807) is 19.0 Å². The number of nitrogens with two attached hydrogens (primary N) is 1. The molecule has 7 heteroatoms. The number of hydrogen-bond donors (Lipinski definition) is 1. The van der Waals surface area contributed by atoms with Crippen LogP contribution in [0.2, 0.25) is 0 Å². The summed E-state index contributed by atoms with van der Waals surface area (Å²) in [5, 5.41) is 8.32. The maximum absolute atomic E-state index is 11.8. The Bertz CT molecular complexity index is 401. The van der Waals surface area contributed by atoms with Crippen molar-refractivity contribution in [3.05, 3.63) is 0 Å². The van der Waals surface area contributed by atoms with Crippen molar-refractivity contribution in [1.29, 1.82) is 0 Å². The molecular formula is C10H19N5OS. The van der Waals surface area contributed by atoms with Gasteiger partial charge in [0, 0.05) is 20.1 Å². The number of aromatic nitrogens is 3. The number of thioether (sulfide) groups is 1. The number of anilines is 1. The SMILES string of the molecule is CC(Sc1nnc(N)n1C(C)C)C(=O)N(C)C. The van der Waals surface area contributed by atoms with Gasteiger partial charge in [0.1, 0.15) is 0 Å². The topological polar surface area (TPSA) is 77.0 Å². The number of nitrogen functional groups attached to an aromatic ring is 1. The minimum absolute atomic E-state index is 0.0480. The van der Waals surface area contributed by atoms with E-state index in [2.05, 4.69) is 10.2 Å². The lowest BCUT2D eigenvalue weighted by Gasteiger charge is -2.17. The van der Waals surface area contributed by atoms with E-state index in [-0.39, 0.29) is 17.2 Å². The molecule has 1 atom stereocenters. The van der Waals surface area contributed by atoms with Crippen molar-refractivity contribution in [2.24, 2.45) is 0 Å². The summed E-state index contributed by atoms with van der Waals surface area (Å²) in [6.07, 6.45) is 0. The number of hydrogen-bond acceptors (Lipinski definition) is 5. The van der Waals surface area contributed by atoms with Gasteiger partial charge in [-0.1, -0.05) is 11.8 Å². The molecule has 0 radical (unpaired) electrons. The Morgan fingerprint density at radius 2 is 1.94 bits per heavy atom. The van der Waals surface area contributed by atoms with Gasteiger partial charge in [-0.2, -0.15) is 0 Å². The molecule has 0 aromatic carbocycles. The lowest BCUT2D eigenvalue weighted by atomic mass is 10.4. The molecule has 0 aliphatic heterocycles. The molecule has 1 aromatic rings. The van der Waals surface area contributed by atoms with Gasteiger partial charge in [-0.05, 0) is 20.8 Å². The van der Waals surface area contributed by atoms with Gasteiger partial charge < -0.3 is 10.6 Å². The number of rotatable bonds is 4. The van der Waals surface area contributed by atoms with Gasteiger partial charge in [-0.15, -0.1) is 10.2 Å². The molecule has 1 heterocycles. The first-order valence-electron chi connectivity index (χ1n) is 5.42. The fourth-order valence-corrected chi connectivity index (χ4v) is 2.56. The number of amides is 1. The van der Waals surface area contributed by atoms with Crippen LogP contribution in [-0.4, -0.2) is 44.9 Å². The first-order chi connectivity index (χ1) is 7.84. The Hall–Kier alpha value is -1.24. The summed E-state index contributed by atoms with van der Waals surface area (Å²) < 4.78 is 1.82. The van der Waals surface area contributed by atoms with Crippen LogP contribution >= 0.6 is 11.8 Å². The first kappa shape index (κ1) is 13.8. The van der Waals surface area contributed by atoms with Crippen molar-refractivity contribution in [2.75, 3.05) is 19.8 Å². The zero-order valence-electron chi connectivity index (χ0n) is 10.8. The van der Waals surface area contributed by atoms with E-state index in [0.29, 0.717) is 11.1 Å². The molecule has 17 heavy (non-hydrogen) atoms. The first-order valence-corrected chi connectivity index (χ1v) is 6.30. The van der Waals surface area contributed by atoms with Crippen LogP contribution in [0, 0.1) is 0 Å². The molecule has 0 bridgehead atoms. The third-order valence-electron chi connectivity index (χ3n) is 2.28. The average Bonchev–Trinajstić information content (AvgIpc) is 2.58. The van der Waals surface area contributed by atoms with Gasteiger partial charge in [0.05, 0.1) is 5.25 Å². The highest BCUT2D eigenvalue weighted by Crippen LogP contribution is 2.26. The van der Waals surface area contributed by atoms with Gasteiger partial charge in [-0.3, -0.25) is 9.36 Å². The molecule has 0 spiro atoms. The maximum Gasteiger partial charge on any atom is 0.235 e. The fourth-order valence-electron chi connectivity index (χ4n) is 1.43. The molecule has 0 fully saturated rings. The fraction of sp³-hybridized carbons (Fsp3) is 0.700. The van der Waals surface area contributed by atoms with Crippen molar-refractivity contribution in [2.45, 2.75) is 37.2 Å². The highest BCUT2D eigenvalue weighted by molar-refractivity contribution is 8.00. The van der Waals surface area contributed by atoms with E-state index in [1.165, 1.54) is 11.8 Å². The minimum Gasteiger partial charge on any atom is -0.368 e. The molecule has 6 nitrogen and oxygen atoms in total. The zero-order chi connectivity index (χ0) is 13.2. The van der Waals surface area contributed by atoms with Crippen LogP contribution in [0.3, 0.4) is 0 Å². The molecular weight excluding hydrogens is 238 g/mol. The molecule has 1 unspecified atom stereocenters. The van der Waals surface area contributed by atoms with Crippen LogP contribution in [0.4, 0.5) is 5.95 Å². The van der Waals surface area contributed by atoms with Crippen molar-refractivity contribution < 1.29 is 4.79 Å². The molecule has 1 rings (SSSR count). The van der Waals surface area contributed by atoms with E-state index in [9.17, 15) is 4.79 Å². The molecule has 0 saturated heterocycles. The maximum atomic E-state index is 11.8. The van der Waals surface area contributed by atoms with Crippen LogP contribution in [-0.2, 0) is 4.79 Å². The van der Waals surface area contributed by atoms with E-state index in [4.69, 9.17) is 5.73 Å². The lowest BCUT2D eigenvalue weighted by molar-refractivity contribution is -0.127. The molecule has 1 aromatic heterocycles. The normalized spacial score (nSPS) is 12.8. The van der Waals surface area contributed by atoms with Crippen LogP contribution < -0.4 is 5.73 Å². The summed E-state index contributed by atoms with van der Waals surface area (Å²) in [5.74, 6) is 0.430. The standard InChI is InChI=1S/C10H19N5OS/c1-6(2)15-9(11)12-13-10(15)17-7(3)8(16)14(4)5/h6-7H,1-5H3,(H2,11,12). The Balaban J connectivity index is 2.85. The summed E-state index contributed by atoms with van der Waals surface area (Å²) in [7, 11) is 3.47. The highest BCUT2D eigenvalue weighted by atomic mass is 32.2. The summed E-state index contributed by atoms with van der Waals surface area (Å²) in [4.78, 5) is 13.3. The van der Waals surface area contributed by atoms with Gasteiger partial charge in [-0.25, -0.2) is 0 Å². The monoisotopic (exact) mass is 257 g/mol. The summed E-state index contributed by atoms with van der Waals surface area (Å²) >= 11 is 1.37. The zero-order valence-corrected chi connectivity index (χ0v) is 11.7. The third-order valence-corrected chi connectivity index (χ3v) is 3.32. The second kappa shape index (κ2) is 5.39. The van der Waals surface area contributed by atoms with Crippen molar-refractivity contribution in [3.63, 3.8) is 0 Å². The Kier molecular flexibility index (Phi) is 4.39. The Morgan fingerprint density at radius 3 is 2.41 bits per heavy atom. The Labute approximate surface area is 106 Å². The van der Waals surface area contributed by atoms with Crippen LogP contribution in [0.1, 0.15) is 26.8 Å². The molecule has 96 valence electrons. The van der Waals surface area contributed by atoms with Gasteiger partial charge in [0.2, 0.25) is 11.9 Å². The second-order valence-electron chi connectivity index (χ2n) is 4.30. The minimum atomic E-state index is -0.203. The summed E-state index contributed by atoms with van der Waals surface area (Å²) in [5.41, 5.74) is 5.73. The highest BCUT2D eigenvalue weighted by Gasteiger charge is 2.21. The van der Waals surface area contributed by atoms with E-state index >= 15 is 0 Å². The third kappa shape index (κ3) is 3.12. The predicted molar refractivity (Wildman–Crippen MR) is 68.8 cm³/mol. The summed E-state index contributed by atoms with van der Waals surface area (Å²) in [6, 6.07) is 0.175. The molecule has 2 N–H and O–H groups in total. The molecule has 0 saturated carbocycles. The van der Waals surface area contributed by atoms with Crippen LogP contribution in [0.15, 0.2) is 5.16 Å². The smallest absolute Gasteiger partial charge is 0.235 e. The largest absolute Gasteiger partial charge is 0.368 e. The predicted octanol–water partition coefficient (Wildman–Crippen LogP) is 1.01. The number of carbonyl (C=O) groups is 1. The van der Waals surface area contributed by atoms with E-state index in [1.807, 2.05) is 25.3 Å². The molecule has 0 aliphatic rings. The van der Waals surface area contributed by atoms with Crippen LogP contribution in [0.5, 0.6) is 0 Å². The van der Waals surface area contributed by atoms with Crippen molar-refractivity contribution >= 4 is 23.6 Å². The van der Waals surface area contributed by atoms with E-state index < -0.39 is 0 Å².